The van der Waals surface area contributed by atoms with Gasteiger partial charge in [-0.25, -0.2) is 0 Å². The number of hydrogen-bond donors (Lipinski definition) is 1. The molecule has 1 saturated carbocycles. The Kier molecular flexibility index (Phi) is 3.06. The molecule has 0 heterocycles. The first kappa shape index (κ1) is 11.3. The zero-order valence-electron chi connectivity index (χ0n) is 10.1. The highest BCUT2D eigenvalue weighted by atomic mass is 16.5. The van der Waals surface area contributed by atoms with Crippen molar-refractivity contribution >= 4 is 5.69 Å². The maximum absolute atomic E-state index is 5.90. The summed E-state index contributed by atoms with van der Waals surface area (Å²) in [7, 11) is 3.82. The summed E-state index contributed by atoms with van der Waals surface area (Å²) >= 11 is 0. The van der Waals surface area contributed by atoms with Crippen LogP contribution in [0.25, 0.3) is 0 Å². The van der Waals surface area contributed by atoms with Crippen molar-refractivity contribution in [3.8, 4) is 5.75 Å². The molecule has 1 aliphatic carbocycles. The monoisotopic (exact) mass is 220 g/mol. The van der Waals surface area contributed by atoms with Crippen LogP contribution in [-0.2, 0) is 0 Å². The minimum absolute atomic E-state index is 0.173. The first-order valence-corrected chi connectivity index (χ1v) is 5.80. The van der Waals surface area contributed by atoms with Crippen LogP contribution in [-0.4, -0.2) is 26.2 Å². The fraction of sp³-hybridized carbons (Fsp3) is 0.538. The van der Waals surface area contributed by atoms with Gasteiger partial charge in [0.05, 0.1) is 12.6 Å². The number of methoxy groups -OCH3 is 1. The molecule has 1 aromatic rings. The average molecular weight is 220 g/mol. The second-order valence-corrected chi connectivity index (χ2v) is 4.54. The summed E-state index contributed by atoms with van der Waals surface area (Å²) in [5, 5.41) is 0. The summed E-state index contributed by atoms with van der Waals surface area (Å²) in [6, 6.07) is 8.16. The van der Waals surface area contributed by atoms with E-state index in [1.807, 2.05) is 12.1 Å². The van der Waals surface area contributed by atoms with Crippen LogP contribution in [0, 0.1) is 0 Å². The van der Waals surface area contributed by atoms with Gasteiger partial charge in [-0.2, -0.15) is 0 Å². The Morgan fingerprint density at radius 3 is 2.69 bits per heavy atom. The van der Waals surface area contributed by atoms with E-state index in [2.05, 4.69) is 24.1 Å². The molecular weight excluding hydrogens is 200 g/mol. The molecule has 0 aliphatic heterocycles. The summed E-state index contributed by atoms with van der Waals surface area (Å²) in [4.78, 5) is 2.30. The lowest BCUT2D eigenvalue weighted by atomic mass is 9.75. The zero-order valence-corrected chi connectivity index (χ0v) is 10.1. The van der Waals surface area contributed by atoms with Crippen LogP contribution in [0.2, 0.25) is 0 Å². The number of rotatable bonds is 4. The Hall–Kier alpha value is -1.22. The smallest absolute Gasteiger partial charge is 0.120 e. The van der Waals surface area contributed by atoms with Crippen molar-refractivity contribution in [3.63, 3.8) is 0 Å². The molecule has 1 aromatic carbocycles. The third-order valence-corrected chi connectivity index (χ3v) is 3.82. The van der Waals surface area contributed by atoms with Gasteiger partial charge in [0, 0.05) is 25.3 Å². The predicted molar refractivity (Wildman–Crippen MR) is 67.0 cm³/mol. The summed E-state index contributed by atoms with van der Waals surface area (Å²) < 4.78 is 5.25. The number of ether oxygens (including phenoxy) is 1. The lowest BCUT2D eigenvalue weighted by molar-refractivity contribution is 0.246. The standard InChI is InChI=1S/C13H20N2O/c1-15(13(10-14)7-4-8-13)11-5-3-6-12(9-11)16-2/h3,5-6,9H,4,7-8,10,14H2,1-2H3. The second kappa shape index (κ2) is 4.34. The molecule has 2 N–H and O–H groups in total. The van der Waals surface area contributed by atoms with Crippen molar-refractivity contribution in [3.05, 3.63) is 24.3 Å². The quantitative estimate of drug-likeness (QED) is 0.843. The second-order valence-electron chi connectivity index (χ2n) is 4.54. The molecule has 3 heteroatoms. The first-order chi connectivity index (χ1) is 7.72. The van der Waals surface area contributed by atoms with E-state index in [0.717, 1.165) is 12.3 Å². The average Bonchev–Trinajstić information content (AvgIpc) is 2.28. The highest BCUT2D eigenvalue weighted by molar-refractivity contribution is 5.53. The van der Waals surface area contributed by atoms with Crippen molar-refractivity contribution in [2.24, 2.45) is 5.73 Å². The van der Waals surface area contributed by atoms with E-state index in [4.69, 9.17) is 10.5 Å². The fourth-order valence-electron chi connectivity index (χ4n) is 2.35. The number of nitrogens with zero attached hydrogens (tertiary/aromatic N) is 1. The molecule has 0 bridgehead atoms. The van der Waals surface area contributed by atoms with Gasteiger partial charge in [-0.1, -0.05) is 6.07 Å². The summed E-state index contributed by atoms with van der Waals surface area (Å²) in [5.74, 6) is 0.899. The van der Waals surface area contributed by atoms with E-state index >= 15 is 0 Å². The first-order valence-electron chi connectivity index (χ1n) is 5.80. The Morgan fingerprint density at radius 2 is 2.19 bits per heavy atom. The maximum atomic E-state index is 5.90. The van der Waals surface area contributed by atoms with Crippen molar-refractivity contribution in [2.75, 3.05) is 25.6 Å². The normalized spacial score (nSPS) is 17.7. The van der Waals surface area contributed by atoms with E-state index in [1.165, 1.54) is 24.9 Å². The van der Waals surface area contributed by atoms with Gasteiger partial charge in [-0.05, 0) is 31.4 Å². The Bertz CT molecular complexity index is 355. The molecule has 0 amide bonds. The highest BCUT2D eigenvalue weighted by Gasteiger charge is 2.39. The van der Waals surface area contributed by atoms with Gasteiger partial charge in [-0.3, -0.25) is 0 Å². The fourth-order valence-corrected chi connectivity index (χ4v) is 2.35. The molecule has 0 atom stereocenters. The predicted octanol–water partition coefficient (Wildman–Crippen LogP) is 2.01. The van der Waals surface area contributed by atoms with E-state index in [0.29, 0.717) is 0 Å². The maximum Gasteiger partial charge on any atom is 0.120 e. The van der Waals surface area contributed by atoms with Gasteiger partial charge in [0.15, 0.2) is 0 Å². The number of benzene rings is 1. The van der Waals surface area contributed by atoms with Crippen LogP contribution in [0.1, 0.15) is 19.3 Å². The van der Waals surface area contributed by atoms with Gasteiger partial charge in [0.25, 0.3) is 0 Å². The SMILES string of the molecule is COc1cccc(N(C)C2(CN)CCC2)c1. The van der Waals surface area contributed by atoms with E-state index in [9.17, 15) is 0 Å². The number of likely N-dealkylation sites (N-methyl/N-ethyl adjacent to an activating group) is 1. The lowest BCUT2D eigenvalue weighted by Crippen LogP contribution is -2.57. The topological polar surface area (TPSA) is 38.5 Å². The minimum Gasteiger partial charge on any atom is -0.497 e. The Labute approximate surface area is 97.2 Å². The largest absolute Gasteiger partial charge is 0.497 e. The van der Waals surface area contributed by atoms with Crippen molar-refractivity contribution in [2.45, 2.75) is 24.8 Å². The molecule has 2 rings (SSSR count). The van der Waals surface area contributed by atoms with Crippen molar-refractivity contribution in [1.29, 1.82) is 0 Å². The highest BCUT2D eigenvalue weighted by Crippen LogP contribution is 2.39. The van der Waals surface area contributed by atoms with Gasteiger partial charge in [0.1, 0.15) is 5.75 Å². The molecule has 0 saturated heterocycles. The summed E-state index contributed by atoms with van der Waals surface area (Å²) in [5.41, 5.74) is 7.26. The number of hydrogen-bond acceptors (Lipinski definition) is 3. The lowest BCUT2D eigenvalue weighted by Gasteiger charge is -2.49. The molecule has 88 valence electrons. The van der Waals surface area contributed by atoms with Crippen LogP contribution < -0.4 is 15.4 Å². The number of nitrogens with two attached hydrogens (primary N) is 1. The molecule has 0 radical (unpaired) electrons. The van der Waals surface area contributed by atoms with Crippen molar-refractivity contribution < 1.29 is 4.74 Å². The van der Waals surface area contributed by atoms with Crippen molar-refractivity contribution in [1.82, 2.24) is 0 Å². The van der Waals surface area contributed by atoms with Crippen LogP contribution in [0.15, 0.2) is 24.3 Å². The van der Waals surface area contributed by atoms with Crippen LogP contribution >= 0.6 is 0 Å². The van der Waals surface area contributed by atoms with Gasteiger partial charge in [-0.15, -0.1) is 0 Å². The van der Waals surface area contributed by atoms with Crippen LogP contribution in [0.3, 0.4) is 0 Å². The molecule has 16 heavy (non-hydrogen) atoms. The number of anilines is 1. The van der Waals surface area contributed by atoms with Crippen LogP contribution in [0.4, 0.5) is 5.69 Å². The molecule has 0 spiro atoms. The van der Waals surface area contributed by atoms with Crippen LogP contribution in [0.5, 0.6) is 5.75 Å². The molecule has 1 fully saturated rings. The van der Waals surface area contributed by atoms with Gasteiger partial charge < -0.3 is 15.4 Å². The molecule has 1 aliphatic rings. The van der Waals surface area contributed by atoms with Gasteiger partial charge in [0.2, 0.25) is 0 Å². The Morgan fingerprint density at radius 1 is 1.44 bits per heavy atom. The zero-order chi connectivity index (χ0) is 11.6. The molecular formula is C13H20N2O. The Balaban J connectivity index is 2.22. The summed E-state index contributed by atoms with van der Waals surface area (Å²) in [6.07, 6.45) is 3.67. The summed E-state index contributed by atoms with van der Waals surface area (Å²) in [6.45, 7) is 0.723. The molecule has 3 nitrogen and oxygen atoms in total. The van der Waals surface area contributed by atoms with E-state index < -0.39 is 0 Å². The minimum atomic E-state index is 0.173. The van der Waals surface area contributed by atoms with E-state index in [-0.39, 0.29) is 5.54 Å². The molecule has 0 aromatic heterocycles. The third-order valence-electron chi connectivity index (χ3n) is 3.82. The van der Waals surface area contributed by atoms with Gasteiger partial charge >= 0.3 is 0 Å². The van der Waals surface area contributed by atoms with E-state index in [1.54, 1.807) is 7.11 Å². The molecule has 0 unspecified atom stereocenters. The third kappa shape index (κ3) is 1.76.